The van der Waals surface area contributed by atoms with Crippen LogP contribution >= 0.6 is 34.0 Å². The van der Waals surface area contributed by atoms with E-state index < -0.39 is 30.4 Å². The number of hydrogen-bond acceptors (Lipinski definition) is 15. The highest BCUT2D eigenvalue weighted by atomic mass is 32.2. The van der Waals surface area contributed by atoms with Crippen molar-refractivity contribution in [3.63, 3.8) is 0 Å². The summed E-state index contributed by atoms with van der Waals surface area (Å²) in [7, 11) is -10.8. The van der Waals surface area contributed by atoms with Crippen LogP contribution in [0.1, 0.15) is 16.7 Å². The van der Waals surface area contributed by atoms with Gasteiger partial charge in [-0.05, 0) is 110 Å². The Morgan fingerprint density at radius 3 is 0.841 bits per heavy atom. The molecule has 324 valence electrons. The summed E-state index contributed by atoms with van der Waals surface area (Å²) in [4.78, 5) is 37.7. The molecule has 0 spiro atoms. The molecule has 3 aromatic heterocycles. The van der Waals surface area contributed by atoms with E-state index in [1.54, 1.807) is 36.4 Å². The lowest BCUT2D eigenvalue weighted by atomic mass is 10.1. The van der Waals surface area contributed by atoms with Gasteiger partial charge in [-0.3, -0.25) is 14.4 Å². The highest BCUT2D eigenvalue weighted by molar-refractivity contribution is 7.86. The van der Waals surface area contributed by atoms with Gasteiger partial charge in [-0.25, -0.2) is 0 Å². The van der Waals surface area contributed by atoms with E-state index in [4.69, 9.17) is 12.5 Å². The van der Waals surface area contributed by atoms with E-state index in [1.807, 2.05) is 75.4 Å². The summed E-state index contributed by atoms with van der Waals surface area (Å²) in [5.74, 6) is 0.506. The fourth-order valence-corrected chi connectivity index (χ4v) is 11.5. The Morgan fingerprint density at radius 1 is 0.365 bits per heavy atom. The van der Waals surface area contributed by atoms with Crippen molar-refractivity contribution in [1.29, 1.82) is 0 Å². The molecular weight excluding hydrogens is 925 g/mol. The molecule has 0 saturated carbocycles. The van der Waals surface area contributed by atoms with Gasteiger partial charge in [-0.15, -0.1) is 34.0 Å². The van der Waals surface area contributed by atoms with Crippen LogP contribution in [0.2, 0.25) is 0 Å². The van der Waals surface area contributed by atoms with E-state index >= 15 is 0 Å². The Morgan fingerprint density at radius 2 is 0.603 bits per heavy atom. The predicted molar refractivity (Wildman–Crippen MR) is 257 cm³/mol. The standard InChI is InChI=1S/3C15H12O4S2/c3*1-9-7-10(19-21(2,17)18)8-12-14(16)11-5-3-4-6-13(11)20-15(9)12/h3*3-8H,1-2H3. The SMILES string of the molecule is Cc1cc(OS(C)(=O)=O)cc2c(=O)c3ccccc3sc12.Cc1cc(OS(C)(=O)=O)cc2c(=O)c3ccccc3sc12.Cc1cc(OS(C)(=O)=O)cc2c(=O)c3ccccc3sc12. The van der Waals surface area contributed by atoms with Gasteiger partial charge < -0.3 is 12.5 Å². The second kappa shape index (κ2) is 17.4. The molecule has 3 heterocycles. The third-order valence-electron chi connectivity index (χ3n) is 9.25. The van der Waals surface area contributed by atoms with E-state index in [2.05, 4.69) is 0 Å². The summed E-state index contributed by atoms with van der Waals surface area (Å²) in [5, 5.41) is 3.34. The first-order valence-electron chi connectivity index (χ1n) is 18.6. The van der Waals surface area contributed by atoms with Gasteiger partial charge in [0.25, 0.3) is 0 Å². The molecule has 0 unspecified atom stereocenters. The molecule has 0 saturated heterocycles. The first kappa shape index (κ1) is 45.3. The Labute approximate surface area is 373 Å². The van der Waals surface area contributed by atoms with Gasteiger partial charge in [0, 0.05) is 60.5 Å². The average Bonchev–Trinajstić information content (AvgIpc) is 3.18. The number of hydrogen-bond donors (Lipinski definition) is 0. The zero-order chi connectivity index (χ0) is 45.6. The summed E-state index contributed by atoms with van der Waals surface area (Å²) in [6.07, 6.45) is 2.94. The largest absolute Gasteiger partial charge is 0.383 e. The quantitative estimate of drug-likeness (QED) is 0.114. The van der Waals surface area contributed by atoms with Crippen molar-refractivity contribution in [3.8, 4) is 17.2 Å². The van der Waals surface area contributed by atoms with Crippen LogP contribution in [-0.2, 0) is 30.4 Å². The minimum Gasteiger partial charge on any atom is -0.383 e. The Bertz CT molecular complexity index is 3450. The van der Waals surface area contributed by atoms with E-state index in [0.717, 1.165) is 63.7 Å². The van der Waals surface area contributed by atoms with Crippen molar-refractivity contribution in [2.24, 2.45) is 0 Å². The van der Waals surface area contributed by atoms with E-state index in [0.29, 0.717) is 32.3 Å². The summed E-state index contributed by atoms with van der Waals surface area (Å²) >= 11 is 4.54. The molecule has 0 aliphatic rings. The van der Waals surface area contributed by atoms with Gasteiger partial charge in [-0.1, -0.05) is 36.4 Å². The van der Waals surface area contributed by atoms with Gasteiger partial charge in [0.1, 0.15) is 17.2 Å². The fraction of sp³-hybridized carbons (Fsp3) is 0.133. The molecular formula is C45H36O12S6. The third-order valence-corrected chi connectivity index (χ3v) is 14.7. The number of fused-ring (bicyclic) bond motifs is 6. The predicted octanol–water partition coefficient (Wildman–Crippen LogP) is 9.18. The van der Waals surface area contributed by atoms with Crippen molar-refractivity contribution in [1.82, 2.24) is 0 Å². The van der Waals surface area contributed by atoms with Crippen LogP contribution in [0, 0.1) is 20.8 Å². The zero-order valence-electron chi connectivity index (χ0n) is 34.2. The van der Waals surface area contributed by atoms with Crippen molar-refractivity contribution in [2.75, 3.05) is 18.8 Å². The number of aryl methyl sites for hydroxylation is 3. The van der Waals surface area contributed by atoms with Crippen molar-refractivity contribution in [2.45, 2.75) is 20.8 Å². The number of rotatable bonds is 6. The lowest BCUT2D eigenvalue weighted by molar-refractivity contribution is 0.491. The molecule has 0 bridgehead atoms. The molecule has 0 N–H and O–H groups in total. The van der Waals surface area contributed by atoms with Gasteiger partial charge in [0.2, 0.25) is 0 Å². The molecule has 9 aromatic rings. The van der Waals surface area contributed by atoms with Gasteiger partial charge in [0.15, 0.2) is 16.3 Å². The van der Waals surface area contributed by atoms with Crippen LogP contribution in [0.15, 0.2) is 124 Å². The smallest absolute Gasteiger partial charge is 0.306 e. The first-order valence-corrected chi connectivity index (χ1v) is 26.5. The minimum atomic E-state index is -3.62. The van der Waals surface area contributed by atoms with Crippen molar-refractivity contribution in [3.05, 3.63) is 157 Å². The molecule has 0 amide bonds. The van der Waals surface area contributed by atoms with Crippen LogP contribution in [0.25, 0.3) is 60.5 Å². The maximum atomic E-state index is 12.6. The van der Waals surface area contributed by atoms with Gasteiger partial charge in [-0.2, -0.15) is 25.3 Å². The normalized spacial score (nSPS) is 11.9. The Hall–Kier alpha value is -5.76. The van der Waals surface area contributed by atoms with Gasteiger partial charge >= 0.3 is 30.4 Å². The first-order chi connectivity index (χ1) is 29.5. The topological polar surface area (TPSA) is 181 Å². The molecule has 0 fully saturated rings. The lowest BCUT2D eigenvalue weighted by Gasteiger charge is -2.08. The maximum absolute atomic E-state index is 12.6. The molecule has 0 aliphatic heterocycles. The lowest BCUT2D eigenvalue weighted by Crippen LogP contribution is -2.07. The summed E-state index contributed by atoms with van der Waals surface area (Å²) in [5.41, 5.74) is 2.13. The summed E-state index contributed by atoms with van der Waals surface area (Å²) < 4.78 is 87.4. The molecule has 63 heavy (non-hydrogen) atoms. The van der Waals surface area contributed by atoms with Crippen LogP contribution in [0.3, 0.4) is 0 Å². The van der Waals surface area contributed by atoms with Crippen molar-refractivity contribution >= 4 is 125 Å². The summed E-state index contributed by atoms with van der Waals surface area (Å²) in [6.45, 7) is 5.51. The number of benzene rings is 6. The Kier molecular flexibility index (Phi) is 12.5. The Balaban J connectivity index is 0.000000142. The molecule has 6 aromatic carbocycles. The highest BCUT2D eigenvalue weighted by Crippen LogP contribution is 2.33. The molecule has 0 aliphatic carbocycles. The van der Waals surface area contributed by atoms with Crippen LogP contribution in [0.4, 0.5) is 0 Å². The molecule has 12 nitrogen and oxygen atoms in total. The average molecular weight is 961 g/mol. The third kappa shape index (κ3) is 10.4. The van der Waals surface area contributed by atoms with E-state index in [-0.39, 0.29) is 33.5 Å². The van der Waals surface area contributed by atoms with E-state index in [1.165, 1.54) is 52.2 Å². The van der Waals surface area contributed by atoms with Crippen LogP contribution in [-0.4, -0.2) is 44.0 Å². The molecule has 0 radical (unpaired) electrons. The van der Waals surface area contributed by atoms with Crippen LogP contribution < -0.4 is 28.8 Å². The fourth-order valence-electron chi connectivity index (χ4n) is 6.80. The maximum Gasteiger partial charge on any atom is 0.306 e. The van der Waals surface area contributed by atoms with Crippen LogP contribution in [0.5, 0.6) is 17.2 Å². The highest BCUT2D eigenvalue weighted by Gasteiger charge is 2.15. The molecule has 0 atom stereocenters. The monoisotopic (exact) mass is 960 g/mol. The van der Waals surface area contributed by atoms with Gasteiger partial charge in [0.05, 0.1) is 18.8 Å². The molecule has 9 rings (SSSR count). The zero-order valence-corrected chi connectivity index (χ0v) is 39.1. The van der Waals surface area contributed by atoms with Crippen molar-refractivity contribution < 1.29 is 37.8 Å². The minimum absolute atomic E-state index is 0.110. The second-order valence-corrected chi connectivity index (χ2v) is 22.4. The molecule has 18 heteroatoms. The summed E-state index contributed by atoms with van der Waals surface area (Å²) in [6, 6.07) is 31.5. The second-order valence-electron chi connectivity index (χ2n) is 14.5. The van der Waals surface area contributed by atoms with E-state index in [9.17, 15) is 39.6 Å².